The number of benzene rings is 2. The summed E-state index contributed by atoms with van der Waals surface area (Å²) in [6.45, 7) is 10.8. The summed E-state index contributed by atoms with van der Waals surface area (Å²) in [7, 11) is -2.55. The molecule has 0 bridgehead atoms. The molecule has 0 fully saturated rings. The van der Waals surface area contributed by atoms with Crippen molar-refractivity contribution in [2.24, 2.45) is 0 Å². The van der Waals surface area contributed by atoms with Crippen LogP contribution < -0.4 is 10.4 Å². The van der Waals surface area contributed by atoms with Gasteiger partial charge in [0.25, 0.3) is 8.32 Å². The largest absolute Gasteiger partial charge is 0.402 e. The molecular formula is C21H30O2Si. The van der Waals surface area contributed by atoms with Crippen LogP contribution in [0.1, 0.15) is 41.0 Å². The first kappa shape index (κ1) is 18.9. The summed E-state index contributed by atoms with van der Waals surface area (Å²) in [5, 5.41) is 12.8. The second-order valence-corrected chi connectivity index (χ2v) is 11.7. The third-order valence-corrected chi connectivity index (χ3v) is 9.87. The number of aliphatic hydroxyl groups excluding tert-OH is 1. The van der Waals surface area contributed by atoms with Crippen molar-refractivity contribution in [3.63, 3.8) is 0 Å². The molecule has 2 aromatic carbocycles. The third-order valence-electron chi connectivity index (χ3n) is 4.74. The zero-order valence-electron chi connectivity index (χ0n) is 15.5. The van der Waals surface area contributed by atoms with Crippen molar-refractivity contribution in [1.82, 2.24) is 0 Å². The van der Waals surface area contributed by atoms with Gasteiger partial charge in [0.05, 0.1) is 12.2 Å². The van der Waals surface area contributed by atoms with Crippen molar-refractivity contribution in [3.8, 4) is 0 Å². The van der Waals surface area contributed by atoms with Crippen LogP contribution in [0, 0.1) is 0 Å². The molecule has 2 rings (SSSR count). The number of rotatable bonds is 6. The minimum Gasteiger partial charge on any atom is -0.402 e. The maximum Gasteiger partial charge on any atom is 0.261 e. The van der Waals surface area contributed by atoms with Crippen LogP contribution in [0.5, 0.6) is 0 Å². The molecule has 1 N–H and O–H groups in total. The quantitative estimate of drug-likeness (QED) is 0.811. The van der Waals surface area contributed by atoms with E-state index in [9.17, 15) is 5.11 Å². The number of hydrogen-bond acceptors (Lipinski definition) is 2. The van der Waals surface area contributed by atoms with Crippen molar-refractivity contribution in [1.29, 1.82) is 0 Å². The minimum atomic E-state index is -2.55. The fourth-order valence-corrected chi connectivity index (χ4v) is 8.11. The van der Waals surface area contributed by atoms with E-state index in [0.29, 0.717) is 6.42 Å². The van der Waals surface area contributed by atoms with Crippen molar-refractivity contribution in [3.05, 3.63) is 60.7 Å². The van der Waals surface area contributed by atoms with Gasteiger partial charge in [-0.1, -0.05) is 88.4 Å². The van der Waals surface area contributed by atoms with Crippen molar-refractivity contribution < 1.29 is 9.53 Å². The molecule has 0 heterocycles. The van der Waals surface area contributed by atoms with E-state index in [0.717, 1.165) is 0 Å². The van der Waals surface area contributed by atoms with E-state index in [4.69, 9.17) is 4.43 Å². The first-order chi connectivity index (χ1) is 11.3. The predicted octanol–water partition coefficient (Wildman–Crippen LogP) is 3.72. The Morgan fingerprint density at radius 2 is 1.33 bits per heavy atom. The zero-order valence-corrected chi connectivity index (χ0v) is 16.5. The molecule has 0 aliphatic carbocycles. The number of aliphatic hydroxyl groups is 1. The Labute approximate surface area is 147 Å². The topological polar surface area (TPSA) is 29.5 Å². The molecule has 130 valence electrons. The van der Waals surface area contributed by atoms with Crippen LogP contribution >= 0.6 is 0 Å². The molecular weight excluding hydrogens is 312 g/mol. The van der Waals surface area contributed by atoms with Gasteiger partial charge in [0, 0.05) is 0 Å². The second-order valence-electron chi connectivity index (χ2n) is 7.46. The van der Waals surface area contributed by atoms with Gasteiger partial charge in [-0.3, -0.25) is 0 Å². The number of hydrogen-bond donors (Lipinski definition) is 1. The predicted molar refractivity (Wildman–Crippen MR) is 104 cm³/mol. The standard InChI is InChI=1S/C21H30O2Si/c1-6-20(22)17(2)23-24(21(3,4)5,18-13-9-7-10-14-18)19-15-11-8-12-16-19/h7-17,20,22H,6H2,1-5H3/t17-,20?/m0/s1. The van der Waals surface area contributed by atoms with Crippen LogP contribution in [0.4, 0.5) is 0 Å². The molecule has 3 heteroatoms. The van der Waals surface area contributed by atoms with Gasteiger partial charge in [-0.2, -0.15) is 0 Å². The Morgan fingerprint density at radius 3 is 1.67 bits per heavy atom. The van der Waals surface area contributed by atoms with Crippen LogP contribution in [-0.4, -0.2) is 25.6 Å². The average Bonchev–Trinajstić information content (AvgIpc) is 2.59. The van der Waals surface area contributed by atoms with E-state index >= 15 is 0 Å². The normalized spacial score (nSPS) is 15.1. The molecule has 0 aliphatic heterocycles. The van der Waals surface area contributed by atoms with Crippen molar-refractivity contribution in [2.45, 2.75) is 58.3 Å². The molecule has 0 saturated heterocycles. The van der Waals surface area contributed by atoms with Gasteiger partial charge >= 0.3 is 0 Å². The molecule has 2 atom stereocenters. The highest BCUT2D eigenvalue weighted by Crippen LogP contribution is 2.37. The van der Waals surface area contributed by atoms with E-state index in [1.54, 1.807) is 0 Å². The Hall–Kier alpha value is -1.42. The maximum atomic E-state index is 10.3. The smallest absolute Gasteiger partial charge is 0.261 e. The minimum absolute atomic E-state index is 0.0581. The average molecular weight is 343 g/mol. The Bertz CT molecular complexity index is 580. The fraction of sp³-hybridized carbons (Fsp3) is 0.429. The molecule has 0 aromatic heterocycles. The van der Waals surface area contributed by atoms with Crippen LogP contribution in [-0.2, 0) is 4.43 Å². The van der Waals surface area contributed by atoms with E-state index in [1.807, 2.05) is 26.0 Å². The van der Waals surface area contributed by atoms with E-state index in [1.165, 1.54) is 10.4 Å². The summed E-state index contributed by atoms with van der Waals surface area (Å²) >= 11 is 0. The molecule has 2 nitrogen and oxygen atoms in total. The summed E-state index contributed by atoms with van der Waals surface area (Å²) in [4.78, 5) is 0. The Balaban J connectivity index is 2.66. The molecule has 0 aliphatic rings. The van der Waals surface area contributed by atoms with Gasteiger partial charge in [-0.15, -0.1) is 0 Å². The fourth-order valence-electron chi connectivity index (χ4n) is 3.38. The van der Waals surface area contributed by atoms with E-state index in [-0.39, 0.29) is 11.1 Å². The lowest BCUT2D eigenvalue weighted by molar-refractivity contribution is 0.0391. The van der Waals surface area contributed by atoms with Gasteiger partial charge in [0.2, 0.25) is 0 Å². The SMILES string of the molecule is CCC(O)[C@H](C)O[Si](c1ccccc1)(c1ccccc1)C(C)(C)C. The highest BCUT2D eigenvalue weighted by Gasteiger charge is 2.51. The first-order valence-corrected chi connectivity index (χ1v) is 10.7. The molecule has 0 amide bonds. The van der Waals surface area contributed by atoms with Crippen LogP contribution in [0.15, 0.2) is 60.7 Å². The Morgan fingerprint density at radius 1 is 0.917 bits per heavy atom. The van der Waals surface area contributed by atoms with Gasteiger partial charge in [-0.05, 0) is 28.8 Å². The van der Waals surface area contributed by atoms with Crippen LogP contribution in [0.3, 0.4) is 0 Å². The van der Waals surface area contributed by atoms with Crippen LogP contribution in [0.25, 0.3) is 0 Å². The maximum absolute atomic E-state index is 10.3. The lowest BCUT2D eigenvalue weighted by Crippen LogP contribution is -2.68. The highest BCUT2D eigenvalue weighted by molar-refractivity contribution is 6.99. The Kier molecular flexibility index (Phi) is 6.02. The van der Waals surface area contributed by atoms with Crippen molar-refractivity contribution >= 4 is 18.7 Å². The molecule has 24 heavy (non-hydrogen) atoms. The van der Waals surface area contributed by atoms with Crippen molar-refractivity contribution in [2.75, 3.05) is 0 Å². The lowest BCUT2D eigenvalue weighted by atomic mass is 10.2. The van der Waals surface area contributed by atoms with E-state index in [2.05, 4.69) is 69.3 Å². The summed E-state index contributed by atoms with van der Waals surface area (Å²) < 4.78 is 6.82. The third kappa shape index (κ3) is 3.64. The monoisotopic (exact) mass is 342 g/mol. The lowest BCUT2D eigenvalue weighted by Gasteiger charge is -2.45. The zero-order chi connectivity index (χ0) is 17.8. The molecule has 0 spiro atoms. The summed E-state index contributed by atoms with van der Waals surface area (Å²) in [6, 6.07) is 21.1. The first-order valence-electron chi connectivity index (χ1n) is 8.80. The van der Waals surface area contributed by atoms with Gasteiger partial charge in [-0.25, -0.2) is 0 Å². The van der Waals surface area contributed by atoms with E-state index < -0.39 is 14.4 Å². The second kappa shape index (κ2) is 7.64. The van der Waals surface area contributed by atoms with Crippen LogP contribution in [0.2, 0.25) is 5.04 Å². The summed E-state index contributed by atoms with van der Waals surface area (Å²) in [6.07, 6.45) is 0.0345. The van der Waals surface area contributed by atoms with Gasteiger partial charge in [0.1, 0.15) is 0 Å². The van der Waals surface area contributed by atoms with Gasteiger partial charge < -0.3 is 9.53 Å². The summed E-state index contributed by atoms with van der Waals surface area (Å²) in [5.41, 5.74) is 0. The molecule has 0 saturated carbocycles. The summed E-state index contributed by atoms with van der Waals surface area (Å²) in [5.74, 6) is 0. The highest BCUT2D eigenvalue weighted by atomic mass is 28.4. The molecule has 0 radical (unpaired) electrons. The van der Waals surface area contributed by atoms with Gasteiger partial charge in [0.15, 0.2) is 0 Å². The molecule has 1 unspecified atom stereocenters. The molecule has 2 aromatic rings.